The summed E-state index contributed by atoms with van der Waals surface area (Å²) in [6, 6.07) is 16.5. The maximum absolute atomic E-state index is 5.74. The molecule has 4 heteroatoms. The van der Waals surface area contributed by atoms with E-state index in [1.54, 1.807) is 11.8 Å². The normalized spacial score (nSPS) is 10.8. The van der Waals surface area contributed by atoms with Crippen molar-refractivity contribution < 1.29 is 4.42 Å². The Labute approximate surface area is 128 Å². The van der Waals surface area contributed by atoms with Gasteiger partial charge in [-0.05, 0) is 31.0 Å². The second-order valence-corrected chi connectivity index (χ2v) is 5.89. The van der Waals surface area contributed by atoms with Crippen molar-refractivity contribution >= 4 is 11.8 Å². The van der Waals surface area contributed by atoms with E-state index in [0.29, 0.717) is 11.1 Å². The Kier molecular flexibility index (Phi) is 4.06. The lowest BCUT2D eigenvalue weighted by atomic mass is 10.1. The van der Waals surface area contributed by atoms with Crippen LogP contribution in [-0.4, -0.2) is 10.2 Å². The van der Waals surface area contributed by atoms with E-state index in [-0.39, 0.29) is 0 Å². The second-order valence-electron chi connectivity index (χ2n) is 4.97. The fourth-order valence-corrected chi connectivity index (χ4v) is 2.84. The first kappa shape index (κ1) is 13.9. The average Bonchev–Trinajstić information content (AvgIpc) is 2.94. The largest absolute Gasteiger partial charge is 0.411 e. The number of aromatic nitrogens is 2. The minimum absolute atomic E-state index is 0.583. The van der Waals surface area contributed by atoms with E-state index in [9.17, 15) is 0 Å². The first-order valence-corrected chi connectivity index (χ1v) is 7.79. The minimum Gasteiger partial charge on any atom is -0.411 e. The van der Waals surface area contributed by atoms with Gasteiger partial charge in [-0.1, -0.05) is 59.8 Å². The number of nitrogens with zero attached hydrogens (tertiary/aromatic N) is 2. The molecule has 0 aliphatic rings. The van der Waals surface area contributed by atoms with Crippen LogP contribution >= 0.6 is 11.8 Å². The van der Waals surface area contributed by atoms with Gasteiger partial charge in [-0.25, -0.2) is 0 Å². The topological polar surface area (TPSA) is 38.9 Å². The third-order valence-electron chi connectivity index (χ3n) is 3.23. The molecule has 21 heavy (non-hydrogen) atoms. The van der Waals surface area contributed by atoms with Crippen molar-refractivity contribution in [2.75, 3.05) is 0 Å². The summed E-state index contributed by atoms with van der Waals surface area (Å²) in [6.45, 7) is 4.14. The third kappa shape index (κ3) is 3.34. The first-order valence-electron chi connectivity index (χ1n) is 6.80. The molecule has 0 bridgehead atoms. The van der Waals surface area contributed by atoms with Crippen LogP contribution in [0.2, 0.25) is 0 Å². The van der Waals surface area contributed by atoms with Crippen molar-refractivity contribution in [2.24, 2.45) is 0 Å². The van der Waals surface area contributed by atoms with Gasteiger partial charge in [0.15, 0.2) is 0 Å². The van der Waals surface area contributed by atoms with E-state index < -0.39 is 0 Å². The van der Waals surface area contributed by atoms with Crippen molar-refractivity contribution in [3.05, 3.63) is 65.2 Å². The smallest absolute Gasteiger partial charge is 0.277 e. The monoisotopic (exact) mass is 296 g/mol. The summed E-state index contributed by atoms with van der Waals surface area (Å²) in [6.07, 6.45) is 0. The Balaban J connectivity index is 1.72. The molecule has 106 valence electrons. The van der Waals surface area contributed by atoms with Gasteiger partial charge in [0.1, 0.15) is 0 Å². The molecule has 0 saturated carbocycles. The van der Waals surface area contributed by atoms with Crippen LogP contribution in [0.15, 0.2) is 58.2 Å². The molecule has 0 aliphatic heterocycles. The Morgan fingerprint density at radius 3 is 2.67 bits per heavy atom. The summed E-state index contributed by atoms with van der Waals surface area (Å²) in [5.74, 6) is 1.41. The van der Waals surface area contributed by atoms with Crippen LogP contribution in [0.25, 0.3) is 11.5 Å². The van der Waals surface area contributed by atoms with Gasteiger partial charge >= 0.3 is 0 Å². The van der Waals surface area contributed by atoms with Gasteiger partial charge in [-0.2, -0.15) is 0 Å². The lowest BCUT2D eigenvalue weighted by Gasteiger charge is -2.00. The molecule has 0 unspecified atom stereocenters. The number of benzene rings is 2. The Bertz CT molecular complexity index is 752. The zero-order valence-electron chi connectivity index (χ0n) is 12.0. The van der Waals surface area contributed by atoms with E-state index in [1.807, 2.05) is 31.2 Å². The van der Waals surface area contributed by atoms with Crippen LogP contribution in [0.1, 0.15) is 16.7 Å². The zero-order valence-corrected chi connectivity index (χ0v) is 12.9. The highest BCUT2D eigenvalue weighted by Gasteiger charge is 2.10. The van der Waals surface area contributed by atoms with Crippen LogP contribution < -0.4 is 0 Å². The molecular formula is C17H16N2OS. The molecule has 3 rings (SSSR count). The summed E-state index contributed by atoms with van der Waals surface area (Å²) >= 11 is 1.56. The third-order valence-corrected chi connectivity index (χ3v) is 4.12. The van der Waals surface area contributed by atoms with Gasteiger partial charge in [-0.15, -0.1) is 10.2 Å². The predicted molar refractivity (Wildman–Crippen MR) is 85.2 cm³/mol. The molecule has 1 heterocycles. The molecule has 0 amide bonds. The van der Waals surface area contributed by atoms with E-state index in [2.05, 4.69) is 41.4 Å². The highest BCUT2D eigenvalue weighted by molar-refractivity contribution is 7.98. The molecule has 0 radical (unpaired) electrons. The molecule has 0 atom stereocenters. The van der Waals surface area contributed by atoms with Gasteiger partial charge < -0.3 is 4.42 Å². The summed E-state index contributed by atoms with van der Waals surface area (Å²) in [4.78, 5) is 0. The zero-order chi connectivity index (χ0) is 14.7. The van der Waals surface area contributed by atoms with Gasteiger partial charge in [0.25, 0.3) is 5.22 Å². The molecule has 1 aromatic heterocycles. The lowest BCUT2D eigenvalue weighted by Crippen LogP contribution is -1.82. The first-order chi connectivity index (χ1) is 10.2. The maximum atomic E-state index is 5.74. The molecule has 0 spiro atoms. The average molecular weight is 296 g/mol. The Morgan fingerprint density at radius 2 is 1.86 bits per heavy atom. The second kappa shape index (κ2) is 6.14. The van der Waals surface area contributed by atoms with Gasteiger partial charge in [-0.3, -0.25) is 0 Å². The fraction of sp³-hybridized carbons (Fsp3) is 0.176. The molecule has 3 nitrogen and oxygen atoms in total. The molecule has 2 aromatic carbocycles. The maximum Gasteiger partial charge on any atom is 0.277 e. The van der Waals surface area contributed by atoms with Crippen molar-refractivity contribution in [1.82, 2.24) is 10.2 Å². The van der Waals surface area contributed by atoms with Gasteiger partial charge in [0.05, 0.1) is 0 Å². The van der Waals surface area contributed by atoms with Crippen molar-refractivity contribution in [3.8, 4) is 11.5 Å². The van der Waals surface area contributed by atoms with Gasteiger partial charge in [0, 0.05) is 11.3 Å². The fourth-order valence-electron chi connectivity index (χ4n) is 2.14. The molecule has 0 saturated heterocycles. The number of rotatable bonds is 4. The highest BCUT2D eigenvalue weighted by Crippen LogP contribution is 2.27. The van der Waals surface area contributed by atoms with Crippen LogP contribution in [0, 0.1) is 13.8 Å². The molecular weight excluding hydrogens is 280 g/mol. The SMILES string of the molecule is Cc1cccc(CSc2nnc(-c3ccccc3C)o2)c1. The van der Waals surface area contributed by atoms with Crippen LogP contribution in [0.3, 0.4) is 0 Å². The summed E-state index contributed by atoms with van der Waals surface area (Å²) in [5.41, 5.74) is 4.65. The minimum atomic E-state index is 0.583. The van der Waals surface area contributed by atoms with Crippen LogP contribution in [0.5, 0.6) is 0 Å². The number of aryl methyl sites for hydroxylation is 2. The Morgan fingerprint density at radius 1 is 1.00 bits per heavy atom. The van der Waals surface area contributed by atoms with Gasteiger partial charge in [0.2, 0.25) is 5.89 Å². The van der Waals surface area contributed by atoms with Crippen LogP contribution in [-0.2, 0) is 5.75 Å². The standard InChI is InChI=1S/C17H16N2OS/c1-12-6-5-8-14(10-12)11-21-17-19-18-16(20-17)15-9-4-3-7-13(15)2/h3-10H,11H2,1-2H3. The molecule has 3 aromatic rings. The van der Waals surface area contributed by atoms with Crippen LogP contribution in [0.4, 0.5) is 0 Å². The quantitative estimate of drug-likeness (QED) is 0.657. The predicted octanol–water partition coefficient (Wildman–Crippen LogP) is 4.65. The van der Waals surface area contributed by atoms with Crippen molar-refractivity contribution in [2.45, 2.75) is 24.8 Å². The van der Waals surface area contributed by atoms with E-state index in [0.717, 1.165) is 16.9 Å². The number of thioether (sulfide) groups is 1. The Hall–Kier alpha value is -2.07. The summed E-state index contributed by atoms with van der Waals surface area (Å²) < 4.78 is 5.74. The van der Waals surface area contributed by atoms with E-state index >= 15 is 0 Å². The summed E-state index contributed by atoms with van der Waals surface area (Å²) in [5, 5.41) is 8.86. The van der Waals surface area contributed by atoms with Crippen molar-refractivity contribution in [3.63, 3.8) is 0 Å². The van der Waals surface area contributed by atoms with E-state index in [1.165, 1.54) is 11.1 Å². The number of hydrogen-bond donors (Lipinski definition) is 0. The van der Waals surface area contributed by atoms with Crippen molar-refractivity contribution in [1.29, 1.82) is 0 Å². The van der Waals surface area contributed by atoms with E-state index in [4.69, 9.17) is 4.42 Å². The number of hydrogen-bond acceptors (Lipinski definition) is 4. The molecule has 0 aliphatic carbocycles. The lowest BCUT2D eigenvalue weighted by molar-refractivity contribution is 0.465. The summed E-state index contributed by atoms with van der Waals surface area (Å²) in [7, 11) is 0. The highest BCUT2D eigenvalue weighted by atomic mass is 32.2. The molecule has 0 N–H and O–H groups in total. The molecule has 0 fully saturated rings.